The molecule has 0 saturated carbocycles. The number of nitrogens with two attached hydrogens (primary N) is 1. The second-order valence-corrected chi connectivity index (χ2v) is 5.02. The molecule has 2 aromatic rings. The summed E-state index contributed by atoms with van der Waals surface area (Å²) in [5, 5.41) is 2.80. The molecule has 0 spiro atoms. The molecule has 0 radical (unpaired) electrons. The normalized spacial score (nSPS) is 11.2. The average Bonchev–Trinajstić information content (AvgIpc) is 2.37. The van der Waals surface area contributed by atoms with Crippen LogP contribution in [0.2, 0.25) is 5.02 Å². The third-order valence-electron chi connectivity index (χ3n) is 2.53. The van der Waals surface area contributed by atoms with Gasteiger partial charge in [-0.15, -0.1) is 0 Å². The van der Waals surface area contributed by atoms with Crippen LogP contribution >= 0.6 is 23.8 Å². The van der Waals surface area contributed by atoms with Gasteiger partial charge in [-0.25, -0.2) is 0 Å². The number of anilines is 2. The summed E-state index contributed by atoms with van der Waals surface area (Å²) < 4.78 is 38.2. The van der Waals surface area contributed by atoms with Crippen LogP contribution < -0.4 is 11.1 Å². The Bertz CT molecular complexity index is 689. The van der Waals surface area contributed by atoms with Crippen LogP contribution in [0.15, 0.2) is 36.5 Å². The summed E-state index contributed by atoms with van der Waals surface area (Å²) in [7, 11) is 0. The predicted octanol–water partition coefficient (Wildman–Crippen LogP) is 4.13. The van der Waals surface area contributed by atoms with Gasteiger partial charge in [-0.1, -0.05) is 23.8 Å². The summed E-state index contributed by atoms with van der Waals surface area (Å²) in [4.78, 5) is 4.04. The summed E-state index contributed by atoms with van der Waals surface area (Å²) in [6.07, 6.45) is -3.02. The minimum Gasteiger partial charge on any atom is -0.388 e. The van der Waals surface area contributed by atoms with Crippen molar-refractivity contribution in [1.82, 2.24) is 4.98 Å². The molecule has 0 amide bonds. The zero-order valence-electron chi connectivity index (χ0n) is 10.4. The number of thiocarbonyl (C=S) groups is 1. The fourth-order valence-corrected chi connectivity index (χ4v) is 1.98. The van der Waals surface area contributed by atoms with Gasteiger partial charge in [0.1, 0.15) is 4.99 Å². The number of hydrogen-bond acceptors (Lipinski definition) is 3. The fraction of sp³-hybridized carbons (Fsp3) is 0.0769. The topological polar surface area (TPSA) is 50.9 Å². The van der Waals surface area contributed by atoms with Crippen molar-refractivity contribution in [3.05, 3.63) is 52.8 Å². The molecule has 0 aliphatic carbocycles. The molecule has 110 valence electrons. The van der Waals surface area contributed by atoms with Gasteiger partial charge >= 0.3 is 6.18 Å². The average molecular weight is 332 g/mol. The smallest absolute Gasteiger partial charge is 0.388 e. The summed E-state index contributed by atoms with van der Waals surface area (Å²) >= 11 is 10.5. The molecule has 2 rings (SSSR count). The lowest BCUT2D eigenvalue weighted by atomic mass is 10.2. The van der Waals surface area contributed by atoms with Gasteiger partial charge in [0.15, 0.2) is 0 Å². The van der Waals surface area contributed by atoms with Crippen molar-refractivity contribution in [2.75, 3.05) is 5.32 Å². The van der Waals surface area contributed by atoms with Crippen LogP contribution in [0, 0.1) is 0 Å². The SMILES string of the molecule is NC(=S)c1cc(Nc2cc(Cl)cc(C(F)(F)F)c2)ccn1. The van der Waals surface area contributed by atoms with Crippen LogP contribution in [-0.2, 0) is 6.18 Å². The van der Waals surface area contributed by atoms with Crippen molar-refractivity contribution in [1.29, 1.82) is 0 Å². The van der Waals surface area contributed by atoms with Gasteiger partial charge < -0.3 is 11.1 Å². The van der Waals surface area contributed by atoms with E-state index in [-0.39, 0.29) is 15.7 Å². The van der Waals surface area contributed by atoms with Crippen LogP contribution in [-0.4, -0.2) is 9.97 Å². The second-order valence-electron chi connectivity index (χ2n) is 4.15. The molecule has 0 aliphatic rings. The molecule has 0 aliphatic heterocycles. The Morgan fingerprint density at radius 3 is 2.52 bits per heavy atom. The first-order valence-electron chi connectivity index (χ1n) is 5.66. The number of aromatic nitrogens is 1. The quantitative estimate of drug-likeness (QED) is 0.830. The Hall–Kier alpha value is -1.86. The molecule has 0 atom stereocenters. The predicted molar refractivity (Wildman–Crippen MR) is 79.9 cm³/mol. The Morgan fingerprint density at radius 2 is 1.90 bits per heavy atom. The van der Waals surface area contributed by atoms with Gasteiger partial charge in [-0.2, -0.15) is 13.2 Å². The molecule has 0 fully saturated rings. The third kappa shape index (κ3) is 4.05. The van der Waals surface area contributed by atoms with Crippen molar-refractivity contribution in [3.63, 3.8) is 0 Å². The van der Waals surface area contributed by atoms with E-state index in [4.69, 9.17) is 29.6 Å². The molecule has 0 bridgehead atoms. The van der Waals surface area contributed by atoms with Crippen LogP contribution in [0.4, 0.5) is 24.5 Å². The molecule has 0 saturated heterocycles. The first-order chi connectivity index (χ1) is 9.75. The number of hydrogen-bond donors (Lipinski definition) is 2. The van der Waals surface area contributed by atoms with E-state index in [2.05, 4.69) is 10.3 Å². The van der Waals surface area contributed by atoms with Gasteiger partial charge in [-0.3, -0.25) is 4.98 Å². The highest BCUT2D eigenvalue weighted by Crippen LogP contribution is 2.34. The third-order valence-corrected chi connectivity index (χ3v) is 2.95. The molecule has 1 aromatic carbocycles. The number of pyridine rings is 1. The van der Waals surface area contributed by atoms with Gasteiger partial charge in [-0.05, 0) is 30.3 Å². The zero-order valence-corrected chi connectivity index (χ0v) is 12.0. The van der Waals surface area contributed by atoms with E-state index < -0.39 is 11.7 Å². The van der Waals surface area contributed by atoms with Crippen molar-refractivity contribution >= 4 is 40.2 Å². The summed E-state index contributed by atoms with van der Waals surface area (Å²) in [6, 6.07) is 6.33. The van der Waals surface area contributed by atoms with Gasteiger partial charge in [0, 0.05) is 22.6 Å². The van der Waals surface area contributed by atoms with Crippen LogP contribution in [0.3, 0.4) is 0 Å². The lowest BCUT2D eigenvalue weighted by Gasteiger charge is -2.12. The van der Waals surface area contributed by atoms with Crippen molar-refractivity contribution in [2.45, 2.75) is 6.18 Å². The van der Waals surface area contributed by atoms with E-state index in [1.807, 2.05) is 0 Å². The zero-order chi connectivity index (χ0) is 15.6. The van der Waals surface area contributed by atoms with E-state index >= 15 is 0 Å². The van der Waals surface area contributed by atoms with Gasteiger partial charge in [0.25, 0.3) is 0 Å². The van der Waals surface area contributed by atoms with Crippen LogP contribution in [0.5, 0.6) is 0 Å². The van der Waals surface area contributed by atoms with E-state index in [0.29, 0.717) is 11.4 Å². The lowest BCUT2D eigenvalue weighted by Crippen LogP contribution is -2.11. The van der Waals surface area contributed by atoms with E-state index in [0.717, 1.165) is 12.1 Å². The molecule has 8 heteroatoms. The Morgan fingerprint density at radius 1 is 1.19 bits per heavy atom. The highest BCUT2D eigenvalue weighted by molar-refractivity contribution is 7.80. The maximum atomic E-state index is 12.7. The van der Waals surface area contributed by atoms with Crippen molar-refractivity contribution in [3.8, 4) is 0 Å². The molecule has 0 unspecified atom stereocenters. The summed E-state index contributed by atoms with van der Waals surface area (Å²) in [6.45, 7) is 0. The van der Waals surface area contributed by atoms with Crippen molar-refractivity contribution < 1.29 is 13.2 Å². The number of alkyl halides is 3. The molecule has 3 nitrogen and oxygen atoms in total. The van der Waals surface area contributed by atoms with Crippen LogP contribution in [0.1, 0.15) is 11.3 Å². The largest absolute Gasteiger partial charge is 0.416 e. The fourth-order valence-electron chi connectivity index (χ4n) is 1.64. The molecule has 1 aromatic heterocycles. The maximum Gasteiger partial charge on any atom is 0.416 e. The highest BCUT2D eigenvalue weighted by Gasteiger charge is 2.31. The number of benzene rings is 1. The highest BCUT2D eigenvalue weighted by atomic mass is 35.5. The van der Waals surface area contributed by atoms with Crippen molar-refractivity contribution in [2.24, 2.45) is 5.73 Å². The lowest BCUT2D eigenvalue weighted by molar-refractivity contribution is -0.137. The van der Waals surface area contributed by atoms with Gasteiger partial charge in [0.05, 0.1) is 11.3 Å². The minimum atomic E-state index is -4.47. The number of nitrogens with one attached hydrogen (secondary N) is 1. The number of halogens is 4. The molecule has 21 heavy (non-hydrogen) atoms. The van der Waals surface area contributed by atoms with E-state index in [1.54, 1.807) is 6.07 Å². The first-order valence-corrected chi connectivity index (χ1v) is 6.45. The molecule has 1 heterocycles. The minimum absolute atomic E-state index is 0.0176. The number of nitrogens with zero attached hydrogens (tertiary/aromatic N) is 1. The summed E-state index contributed by atoms with van der Waals surface area (Å²) in [5.74, 6) is 0. The Balaban J connectivity index is 2.33. The van der Waals surface area contributed by atoms with Crippen LogP contribution in [0.25, 0.3) is 0 Å². The summed E-state index contributed by atoms with van der Waals surface area (Å²) in [5.41, 5.74) is 5.70. The maximum absolute atomic E-state index is 12.7. The Labute approximate surface area is 128 Å². The number of rotatable bonds is 3. The van der Waals surface area contributed by atoms with E-state index in [1.165, 1.54) is 18.3 Å². The van der Waals surface area contributed by atoms with Gasteiger partial charge in [0.2, 0.25) is 0 Å². The monoisotopic (exact) mass is 331 g/mol. The standard InChI is InChI=1S/C13H9ClF3N3S/c14-8-3-7(13(15,16)17)4-10(5-8)20-9-1-2-19-11(6-9)12(18)21/h1-6H,(H2,18,21)(H,19,20). The first kappa shape index (κ1) is 15.5. The molecular formula is C13H9ClF3N3S. The van der Waals surface area contributed by atoms with E-state index in [9.17, 15) is 13.2 Å². The second kappa shape index (κ2) is 5.87. The molecular weight excluding hydrogens is 323 g/mol. The Kier molecular flexibility index (Phi) is 4.34. The molecule has 3 N–H and O–H groups in total.